The maximum Gasteiger partial charge on any atom is 0.245 e. The van der Waals surface area contributed by atoms with Gasteiger partial charge in [-0.2, -0.15) is 0 Å². The van der Waals surface area contributed by atoms with Gasteiger partial charge >= 0.3 is 0 Å². The van der Waals surface area contributed by atoms with Crippen molar-refractivity contribution in [2.75, 3.05) is 32.1 Å². The molecule has 8 atom stereocenters. The van der Waals surface area contributed by atoms with E-state index in [0.29, 0.717) is 36.9 Å². The highest BCUT2D eigenvalue weighted by molar-refractivity contribution is 8.76. The van der Waals surface area contributed by atoms with E-state index in [-0.39, 0.29) is 30.8 Å². The molecule has 3 aromatic carbocycles. The maximum atomic E-state index is 14.7. The summed E-state index contributed by atoms with van der Waals surface area (Å²) in [5.41, 5.74) is 8.84. The second-order valence-corrected chi connectivity index (χ2v) is 18.8. The Morgan fingerprint density at radius 3 is 1.97 bits per heavy atom. The van der Waals surface area contributed by atoms with E-state index < -0.39 is 89.7 Å². The third-order valence-electron chi connectivity index (χ3n) is 11.3. The number of benzene rings is 3. The Hall–Kier alpha value is -5.93. The summed E-state index contributed by atoms with van der Waals surface area (Å²) in [6.07, 6.45) is 1.57. The number of nitrogens with two attached hydrogens (primary N) is 1. The van der Waals surface area contributed by atoms with E-state index in [4.69, 9.17) is 5.73 Å². The number of para-hydroxylation sites is 1. The minimum absolute atomic E-state index is 0.00784. The van der Waals surface area contributed by atoms with Gasteiger partial charge in [-0.15, -0.1) is 0 Å². The Morgan fingerprint density at radius 2 is 1.31 bits per heavy atom. The van der Waals surface area contributed by atoms with E-state index in [1.807, 2.05) is 60.7 Å². The van der Waals surface area contributed by atoms with E-state index in [0.717, 1.165) is 38.1 Å². The summed E-state index contributed by atoms with van der Waals surface area (Å²) in [5.74, 6) is -4.90. The molecule has 5 rings (SSSR count). The van der Waals surface area contributed by atoms with Gasteiger partial charge in [0.05, 0.1) is 12.1 Å². The van der Waals surface area contributed by atoms with Gasteiger partial charge in [0.15, 0.2) is 0 Å². The Bertz CT molecular complexity index is 2280. The molecule has 1 fully saturated rings. The lowest BCUT2D eigenvalue weighted by molar-refractivity contribution is -0.136. The van der Waals surface area contributed by atoms with Crippen LogP contribution < -0.4 is 48.3 Å². The molecule has 0 bridgehead atoms. The molecule has 0 unspecified atom stereocenters. The smallest absolute Gasteiger partial charge is 0.245 e. The van der Waals surface area contributed by atoms with Crippen LogP contribution in [-0.2, 0) is 52.8 Å². The van der Waals surface area contributed by atoms with Gasteiger partial charge in [-0.05, 0) is 69.0 Å². The van der Waals surface area contributed by atoms with Gasteiger partial charge in [-0.25, -0.2) is 0 Å². The van der Waals surface area contributed by atoms with Crippen LogP contribution in [-0.4, -0.2) is 132 Å². The first-order valence-corrected chi connectivity index (χ1v) is 24.8. The summed E-state index contributed by atoms with van der Waals surface area (Å²) < 4.78 is 0. The molecular formula is C47H62N10O8S2. The standard InChI is InChI=1S/C47H62N10O8S2/c1-28(58)40-47(65)56-38(41(59)50-3)26-66-67-27-39(55-43(61)35(49-2)22-29-14-6-4-7-15-29)46(64)53-36(23-30-16-8-5-9-17-30)44(62)54-37(24-31-25-51-33-19-11-10-18-32(31)33)45(63)52-34(42(60)57-40)20-12-13-21-48/h4-11,14-19,25,28,34-40,49,51,58H,12-13,20-24,26-27,48H2,1-3H3,(H,50,59)(H,52,63)(H,53,64)(H,54,62)(H,55,61)(H,56,65)(H,57,60)/t28-,34+,35-,36+,37-,38+,39+,40+/m1/s1. The molecule has 1 saturated heterocycles. The highest BCUT2D eigenvalue weighted by atomic mass is 33.1. The summed E-state index contributed by atoms with van der Waals surface area (Å²) in [4.78, 5) is 102. The van der Waals surface area contributed by atoms with Gasteiger partial charge in [0.25, 0.3) is 0 Å². The SMILES string of the molecule is CNC(=O)[C@@H]1CSSC[C@H](NC(=O)[C@@H](Cc2ccccc2)NC)C(=O)N[C@@H](Cc2ccccc2)C(=O)N[C@H](Cc2c[nH]c3ccccc23)C(=O)N[C@@H](CCCCN)C(=O)N[C@@H]([C@@H](C)O)C(=O)N1. The van der Waals surface area contributed by atoms with Crippen LogP contribution in [0, 0.1) is 0 Å². The van der Waals surface area contributed by atoms with Crippen molar-refractivity contribution in [2.24, 2.45) is 5.73 Å². The molecule has 0 aliphatic carbocycles. The van der Waals surface area contributed by atoms with Crippen molar-refractivity contribution < 1.29 is 38.7 Å². The zero-order chi connectivity index (χ0) is 48.3. The highest BCUT2D eigenvalue weighted by Crippen LogP contribution is 2.24. The minimum Gasteiger partial charge on any atom is -0.391 e. The second-order valence-electron chi connectivity index (χ2n) is 16.3. The van der Waals surface area contributed by atoms with Crippen LogP contribution in [0.2, 0.25) is 0 Å². The first kappa shape index (κ1) is 52.0. The number of aromatic amines is 1. The van der Waals surface area contributed by atoms with Crippen LogP contribution in [0.25, 0.3) is 10.9 Å². The number of unbranched alkanes of at least 4 members (excludes halogenated alkanes) is 1. The lowest BCUT2D eigenvalue weighted by Crippen LogP contribution is -2.62. The summed E-state index contributed by atoms with van der Waals surface area (Å²) in [7, 11) is 5.31. The number of nitrogens with one attached hydrogen (secondary N) is 9. The average Bonchev–Trinajstić information content (AvgIpc) is 3.74. The summed E-state index contributed by atoms with van der Waals surface area (Å²) in [5, 5.41) is 33.7. The summed E-state index contributed by atoms with van der Waals surface area (Å²) in [6.45, 7) is 1.61. The third-order valence-corrected chi connectivity index (χ3v) is 13.7. The van der Waals surface area contributed by atoms with Crippen molar-refractivity contribution in [1.82, 2.24) is 47.5 Å². The number of aliphatic hydroxyl groups is 1. The van der Waals surface area contributed by atoms with Gasteiger partial charge < -0.3 is 58.4 Å². The van der Waals surface area contributed by atoms with Crippen LogP contribution in [0.3, 0.4) is 0 Å². The van der Waals surface area contributed by atoms with Gasteiger partial charge in [0.2, 0.25) is 41.4 Å². The van der Waals surface area contributed by atoms with Gasteiger partial charge in [-0.3, -0.25) is 33.6 Å². The number of amides is 7. The van der Waals surface area contributed by atoms with E-state index in [2.05, 4.69) is 47.5 Å². The summed E-state index contributed by atoms with van der Waals surface area (Å²) >= 11 is 0. The number of likely N-dealkylation sites (N-methyl/N-ethyl adjacent to an activating group) is 2. The van der Waals surface area contributed by atoms with Gasteiger partial charge in [0, 0.05) is 48.5 Å². The molecule has 1 aromatic heterocycles. The topological polar surface area (TPSA) is 278 Å². The molecule has 7 amide bonds. The molecule has 0 radical (unpaired) electrons. The number of H-pyrrole nitrogens is 1. The first-order chi connectivity index (χ1) is 32.3. The highest BCUT2D eigenvalue weighted by Gasteiger charge is 2.36. The van der Waals surface area contributed by atoms with Crippen LogP contribution in [0.1, 0.15) is 42.9 Å². The van der Waals surface area contributed by atoms with Gasteiger partial charge in [0.1, 0.15) is 36.3 Å². The quantitative estimate of drug-likeness (QED) is 0.0569. The monoisotopic (exact) mass is 958 g/mol. The molecule has 360 valence electrons. The Labute approximate surface area is 398 Å². The van der Waals surface area contributed by atoms with Crippen LogP contribution >= 0.6 is 21.6 Å². The lowest BCUT2D eigenvalue weighted by atomic mass is 10.0. The molecular weight excluding hydrogens is 897 g/mol. The Balaban J connectivity index is 1.55. The number of fused-ring (bicyclic) bond motifs is 1. The molecule has 1 aliphatic rings. The molecule has 2 heterocycles. The number of carbonyl (C=O) groups excluding carboxylic acids is 7. The Morgan fingerprint density at radius 1 is 0.716 bits per heavy atom. The van der Waals surface area contributed by atoms with E-state index in [1.165, 1.54) is 14.0 Å². The lowest BCUT2D eigenvalue weighted by Gasteiger charge is -2.29. The number of carbonyl (C=O) groups is 7. The third kappa shape index (κ3) is 15.6. The molecule has 0 spiro atoms. The average molecular weight is 959 g/mol. The maximum absolute atomic E-state index is 14.7. The van der Waals surface area contributed by atoms with Crippen LogP contribution in [0.5, 0.6) is 0 Å². The van der Waals surface area contributed by atoms with Crippen molar-refractivity contribution >= 4 is 73.8 Å². The zero-order valence-corrected chi connectivity index (χ0v) is 39.5. The minimum atomic E-state index is -1.54. The normalized spacial score (nSPS) is 22.5. The Kier molecular flexibility index (Phi) is 20.5. The number of hydrogen-bond donors (Lipinski definition) is 11. The van der Waals surface area contributed by atoms with E-state index in [9.17, 15) is 38.7 Å². The van der Waals surface area contributed by atoms with Crippen LogP contribution in [0.4, 0.5) is 0 Å². The van der Waals surface area contributed by atoms with Crippen LogP contribution in [0.15, 0.2) is 91.1 Å². The van der Waals surface area contributed by atoms with E-state index >= 15 is 0 Å². The number of hydrogen-bond acceptors (Lipinski definition) is 12. The molecule has 12 N–H and O–H groups in total. The fourth-order valence-corrected chi connectivity index (χ4v) is 9.84. The second kappa shape index (κ2) is 26.4. The zero-order valence-electron chi connectivity index (χ0n) is 37.8. The fourth-order valence-electron chi connectivity index (χ4n) is 7.51. The van der Waals surface area contributed by atoms with Crippen molar-refractivity contribution in [3.8, 4) is 0 Å². The predicted octanol–water partition coefficient (Wildman–Crippen LogP) is 0.343. The largest absolute Gasteiger partial charge is 0.391 e. The fraction of sp³-hybridized carbons (Fsp3) is 0.426. The predicted molar refractivity (Wildman–Crippen MR) is 260 cm³/mol. The molecule has 20 heteroatoms. The van der Waals surface area contributed by atoms with Crippen molar-refractivity contribution in [1.29, 1.82) is 0 Å². The first-order valence-electron chi connectivity index (χ1n) is 22.3. The van der Waals surface area contributed by atoms with E-state index in [1.54, 1.807) is 37.5 Å². The molecule has 1 aliphatic heterocycles. The molecule has 67 heavy (non-hydrogen) atoms. The number of aliphatic hydroxyl groups excluding tert-OH is 1. The van der Waals surface area contributed by atoms with Crippen molar-refractivity contribution in [3.05, 3.63) is 108 Å². The van der Waals surface area contributed by atoms with Crippen molar-refractivity contribution in [2.45, 2.75) is 93.8 Å². The number of rotatable bonds is 15. The summed E-state index contributed by atoms with van der Waals surface area (Å²) in [6, 6.07) is 17.3. The molecule has 0 saturated carbocycles. The molecule has 4 aromatic rings. The number of aromatic nitrogens is 1. The molecule has 18 nitrogen and oxygen atoms in total. The van der Waals surface area contributed by atoms with Gasteiger partial charge in [-0.1, -0.05) is 100 Å². The van der Waals surface area contributed by atoms with Crippen molar-refractivity contribution in [3.63, 3.8) is 0 Å².